The third-order valence-corrected chi connectivity index (χ3v) is 6.73. The lowest BCUT2D eigenvalue weighted by atomic mass is 9.88. The SMILES string of the molecule is CC1=C(NC(=O)OCc2ccccc2)c2ccccc2N(C)C(=O)C1c1ccc(-c2ccccc2)cc1. The topological polar surface area (TPSA) is 58.6 Å². The van der Waals surface area contributed by atoms with Gasteiger partial charge in [-0.05, 0) is 40.8 Å². The quantitative estimate of drug-likeness (QED) is 0.337. The predicted octanol–water partition coefficient (Wildman–Crippen LogP) is 6.77. The Bertz CT molecular complexity index is 1440. The number of hydrogen-bond donors (Lipinski definition) is 1. The highest BCUT2D eigenvalue weighted by Gasteiger charge is 2.34. The Labute approximate surface area is 217 Å². The van der Waals surface area contributed by atoms with Gasteiger partial charge in [0, 0.05) is 12.6 Å². The summed E-state index contributed by atoms with van der Waals surface area (Å²) >= 11 is 0. The third-order valence-electron chi connectivity index (χ3n) is 6.73. The minimum absolute atomic E-state index is 0.0631. The van der Waals surface area contributed by atoms with E-state index in [1.165, 1.54) is 0 Å². The Kier molecular flexibility index (Phi) is 6.86. The van der Waals surface area contributed by atoms with Gasteiger partial charge in [-0.3, -0.25) is 10.1 Å². The number of alkyl carbamates (subject to hydrolysis) is 1. The molecular formula is C32H28N2O3. The van der Waals surface area contributed by atoms with Crippen molar-refractivity contribution in [3.05, 3.63) is 131 Å². The van der Waals surface area contributed by atoms with Crippen molar-refractivity contribution in [2.24, 2.45) is 0 Å². The molecule has 1 heterocycles. The monoisotopic (exact) mass is 488 g/mol. The minimum atomic E-state index is -0.566. The van der Waals surface area contributed by atoms with Gasteiger partial charge in [-0.1, -0.05) is 103 Å². The van der Waals surface area contributed by atoms with E-state index in [1.54, 1.807) is 11.9 Å². The van der Waals surface area contributed by atoms with Crippen molar-refractivity contribution in [3.63, 3.8) is 0 Å². The number of carbonyl (C=O) groups excluding carboxylic acids is 2. The average molecular weight is 489 g/mol. The van der Waals surface area contributed by atoms with E-state index in [9.17, 15) is 9.59 Å². The lowest BCUT2D eigenvalue weighted by Gasteiger charge is -2.23. The molecule has 0 spiro atoms. The molecule has 1 N–H and O–H groups in total. The summed E-state index contributed by atoms with van der Waals surface area (Å²) in [6.07, 6.45) is -0.566. The zero-order chi connectivity index (χ0) is 25.8. The van der Waals surface area contributed by atoms with Gasteiger partial charge < -0.3 is 9.64 Å². The molecule has 0 radical (unpaired) electrons. The van der Waals surface area contributed by atoms with Crippen LogP contribution in [-0.4, -0.2) is 19.0 Å². The van der Waals surface area contributed by atoms with Gasteiger partial charge in [0.05, 0.1) is 17.3 Å². The summed E-state index contributed by atoms with van der Waals surface area (Å²) in [6.45, 7) is 2.06. The second-order valence-corrected chi connectivity index (χ2v) is 9.08. The maximum Gasteiger partial charge on any atom is 0.411 e. The molecule has 4 aromatic rings. The van der Waals surface area contributed by atoms with Crippen molar-refractivity contribution >= 4 is 23.4 Å². The van der Waals surface area contributed by atoms with Gasteiger partial charge in [-0.25, -0.2) is 4.79 Å². The number of nitrogens with one attached hydrogen (secondary N) is 1. The molecule has 1 unspecified atom stereocenters. The van der Waals surface area contributed by atoms with Crippen molar-refractivity contribution in [3.8, 4) is 11.1 Å². The number of hydrogen-bond acceptors (Lipinski definition) is 3. The number of para-hydroxylation sites is 1. The molecule has 0 fully saturated rings. The van der Waals surface area contributed by atoms with Crippen LogP contribution in [0.15, 0.2) is 115 Å². The molecule has 1 atom stereocenters. The number of nitrogens with zero attached hydrogens (tertiary/aromatic N) is 1. The molecule has 5 nitrogen and oxygen atoms in total. The molecule has 0 saturated carbocycles. The van der Waals surface area contributed by atoms with Crippen LogP contribution in [0.3, 0.4) is 0 Å². The van der Waals surface area contributed by atoms with E-state index < -0.39 is 12.0 Å². The van der Waals surface area contributed by atoms with Crippen molar-refractivity contribution in [1.29, 1.82) is 0 Å². The fourth-order valence-electron chi connectivity index (χ4n) is 4.75. The Morgan fingerprint density at radius 1 is 0.811 bits per heavy atom. The van der Waals surface area contributed by atoms with Crippen molar-refractivity contribution in [1.82, 2.24) is 5.32 Å². The summed E-state index contributed by atoms with van der Waals surface area (Å²) < 4.78 is 5.51. The molecule has 2 amide bonds. The van der Waals surface area contributed by atoms with Gasteiger partial charge in [-0.15, -0.1) is 0 Å². The van der Waals surface area contributed by atoms with E-state index >= 15 is 0 Å². The molecule has 1 aliphatic rings. The zero-order valence-electron chi connectivity index (χ0n) is 20.8. The van der Waals surface area contributed by atoms with Crippen LogP contribution in [0.2, 0.25) is 0 Å². The normalized spacial score (nSPS) is 15.1. The van der Waals surface area contributed by atoms with Crippen molar-refractivity contribution in [2.75, 3.05) is 11.9 Å². The van der Waals surface area contributed by atoms with Gasteiger partial charge in [-0.2, -0.15) is 0 Å². The number of likely N-dealkylation sites (N-methyl/N-ethyl adjacent to an activating group) is 1. The van der Waals surface area contributed by atoms with Crippen molar-refractivity contribution < 1.29 is 14.3 Å². The summed E-state index contributed by atoms with van der Waals surface area (Å²) in [6, 6.07) is 35.3. The molecule has 1 aliphatic heterocycles. The largest absolute Gasteiger partial charge is 0.444 e. The average Bonchev–Trinajstić information content (AvgIpc) is 3.02. The number of fused-ring (bicyclic) bond motifs is 1. The Hall–Kier alpha value is -4.64. The van der Waals surface area contributed by atoms with E-state index in [-0.39, 0.29) is 12.5 Å². The smallest absolute Gasteiger partial charge is 0.411 e. The molecular weight excluding hydrogens is 460 g/mol. The van der Waals surface area contributed by atoms with Crippen LogP contribution in [0.4, 0.5) is 10.5 Å². The second-order valence-electron chi connectivity index (χ2n) is 9.08. The number of benzene rings is 4. The molecule has 0 aromatic heterocycles. The van der Waals surface area contributed by atoms with E-state index in [2.05, 4.69) is 17.4 Å². The third kappa shape index (κ3) is 5.02. The summed E-state index contributed by atoms with van der Waals surface area (Å²) in [4.78, 5) is 28.3. The van der Waals surface area contributed by atoms with E-state index in [1.807, 2.05) is 104 Å². The number of amides is 2. The number of rotatable bonds is 5. The molecule has 4 aromatic carbocycles. The molecule has 0 saturated heterocycles. The predicted molar refractivity (Wildman–Crippen MR) is 147 cm³/mol. The van der Waals surface area contributed by atoms with E-state index in [0.29, 0.717) is 5.70 Å². The first-order chi connectivity index (χ1) is 18.0. The number of anilines is 1. The first kappa shape index (κ1) is 24.1. The van der Waals surface area contributed by atoms with Crippen LogP contribution in [0.1, 0.15) is 29.5 Å². The highest BCUT2D eigenvalue weighted by atomic mass is 16.5. The first-order valence-corrected chi connectivity index (χ1v) is 12.2. The Morgan fingerprint density at radius 3 is 2.11 bits per heavy atom. The van der Waals surface area contributed by atoms with E-state index in [0.717, 1.165) is 39.1 Å². The van der Waals surface area contributed by atoms with Gasteiger partial charge in [0.1, 0.15) is 6.61 Å². The summed E-state index contributed by atoms with van der Waals surface area (Å²) in [5.74, 6) is -0.626. The van der Waals surface area contributed by atoms with Crippen LogP contribution >= 0.6 is 0 Å². The highest BCUT2D eigenvalue weighted by molar-refractivity contribution is 6.06. The van der Waals surface area contributed by atoms with Crippen LogP contribution in [0.5, 0.6) is 0 Å². The lowest BCUT2D eigenvalue weighted by Crippen LogP contribution is -2.31. The van der Waals surface area contributed by atoms with Gasteiger partial charge in [0.15, 0.2) is 0 Å². The molecule has 0 aliphatic carbocycles. The molecule has 37 heavy (non-hydrogen) atoms. The van der Waals surface area contributed by atoms with Crippen molar-refractivity contribution in [2.45, 2.75) is 19.4 Å². The fraction of sp³-hybridized carbons (Fsp3) is 0.125. The Morgan fingerprint density at radius 2 is 1.41 bits per heavy atom. The second kappa shape index (κ2) is 10.5. The van der Waals surface area contributed by atoms with Crippen LogP contribution < -0.4 is 10.2 Å². The minimum Gasteiger partial charge on any atom is -0.444 e. The maximum absolute atomic E-state index is 13.8. The summed E-state index contributed by atoms with van der Waals surface area (Å²) in [5.41, 5.74) is 6.79. The maximum atomic E-state index is 13.8. The van der Waals surface area contributed by atoms with Crippen LogP contribution in [0.25, 0.3) is 16.8 Å². The first-order valence-electron chi connectivity index (χ1n) is 12.2. The summed E-state index contributed by atoms with van der Waals surface area (Å²) in [5, 5.41) is 2.95. The standard InChI is InChI=1S/C32H28N2O3/c1-22-29(26-19-17-25(18-20-26)24-13-7-4-8-14-24)31(35)34(2)28-16-10-9-15-27(28)30(22)33-32(36)37-21-23-11-5-3-6-12-23/h3-20,29H,21H2,1-2H3,(H,33,36). The zero-order valence-corrected chi connectivity index (χ0v) is 20.8. The van der Waals surface area contributed by atoms with Gasteiger partial charge in [0.2, 0.25) is 5.91 Å². The number of ether oxygens (including phenoxy) is 1. The molecule has 5 heteroatoms. The highest BCUT2D eigenvalue weighted by Crippen LogP contribution is 2.39. The van der Waals surface area contributed by atoms with Crippen LogP contribution in [0, 0.1) is 0 Å². The van der Waals surface area contributed by atoms with Crippen LogP contribution in [-0.2, 0) is 16.1 Å². The Balaban J connectivity index is 1.50. The lowest BCUT2D eigenvalue weighted by molar-refractivity contribution is -0.118. The molecule has 0 bridgehead atoms. The molecule has 184 valence electrons. The van der Waals surface area contributed by atoms with Gasteiger partial charge >= 0.3 is 6.09 Å². The fourth-order valence-corrected chi connectivity index (χ4v) is 4.75. The summed E-state index contributed by atoms with van der Waals surface area (Å²) in [7, 11) is 1.77. The number of carbonyl (C=O) groups is 2. The van der Waals surface area contributed by atoms with Gasteiger partial charge in [0.25, 0.3) is 0 Å². The van der Waals surface area contributed by atoms with E-state index in [4.69, 9.17) is 4.74 Å². The molecule has 5 rings (SSSR count).